The number of unbranched alkanes of at least 4 members (excludes halogenated alkanes) is 18. The standard InChI is InChI=1S/C12H26O2.C11H17NO4S.C11H14O4.C9H20O2.C8H18N2O2.C8H18O5.C8H16O2.C8H10O2.C8H16O2.C6H14O3.C6H10O2.C4H10O2/c13-11-9-7-5-3-1-2-4-6-8-10-12-14;1-10-2-4-11(5-3-10)17(15,16)12(6-8-13)7-9-14;12-6-9-10(7-13)15-11(14-9)8-4-2-1-3-5-8;10-8-6-4-2-1-3-5-7-9-11;11-7-5-9-1-2-10(4-3-9)6-8-12;9-1-3-11-5-7-13-8-6-12-4-2-10;2*9-5-7-1-2-8(6-10)4-3-7;1-2-3-4-5-6-8(10)7-9;1-5(7)3-9-4-6(2)8;1-5(7)3-4-6(2)8;5-3-1-2-4-6/h13-14H,1-12H2;2-5,13-14H,6-9H2,1H3;1-5,9-13H,6-7H2;10-11H,1-9H2;11-12H,1-8H2;9-10H,1-8H2;7-10H,1-6H2;1-4,9-10H,5-6H2;2,8-10H,1,3-7H2;5-8H,3-4H2,1-2H3;5-8H,1-2H3;5-6H,1-4H2/t;;9-,10?,11?;;;;;;;;;/m..0........./s1. The summed E-state index contributed by atoms with van der Waals surface area (Å²) in [7, 11) is -3.63. The van der Waals surface area contributed by atoms with Crippen molar-refractivity contribution in [2.75, 3.05) is 218 Å². The third-order valence-electron chi connectivity index (χ3n) is 19.8. The van der Waals surface area contributed by atoms with Crippen LogP contribution in [0.25, 0.3) is 0 Å². The molecule has 8 atom stereocenters. The van der Waals surface area contributed by atoms with Gasteiger partial charge in [0.15, 0.2) is 6.29 Å². The average Bonchev–Trinajstić information content (AvgIpc) is 1.59. The number of hydrogen-bond donors (Lipinski definition) is 24. The number of ether oxygens (including phenoxy) is 6. The van der Waals surface area contributed by atoms with Crippen LogP contribution in [-0.4, -0.2) is 405 Å². The summed E-state index contributed by atoms with van der Waals surface area (Å²) in [4.78, 5) is 4.66. The zero-order valence-electron chi connectivity index (χ0n) is 82.7. The van der Waals surface area contributed by atoms with Crippen molar-refractivity contribution in [3.05, 3.63) is 114 Å². The van der Waals surface area contributed by atoms with Crippen molar-refractivity contribution in [3.8, 4) is 11.8 Å². The molecule has 24 N–H and O–H groups in total. The normalized spacial score (nSPS) is 16.5. The maximum atomic E-state index is 12.1. The molecule has 6 rings (SSSR count). The molecular formula is C99H189N3O32S. The number of aliphatic hydroxyl groups excluding tert-OH is 24. The minimum absolute atomic E-state index is 0.0171. The molecule has 0 bridgehead atoms. The summed E-state index contributed by atoms with van der Waals surface area (Å²) < 4.78 is 56.1. The molecule has 7 unspecified atom stereocenters. The van der Waals surface area contributed by atoms with Gasteiger partial charge in [0.1, 0.15) is 24.4 Å². The molecule has 1 aliphatic carbocycles. The Hall–Kier alpha value is -4.41. The largest absolute Gasteiger partial charge is 0.396 e. The molecule has 3 aromatic rings. The van der Waals surface area contributed by atoms with Crippen molar-refractivity contribution >= 4 is 10.0 Å². The second-order valence-electron chi connectivity index (χ2n) is 32.3. The number of hydrogen-bond acceptors (Lipinski definition) is 34. The van der Waals surface area contributed by atoms with Gasteiger partial charge in [-0.2, -0.15) is 4.31 Å². The van der Waals surface area contributed by atoms with E-state index in [-0.39, 0.29) is 104 Å². The van der Waals surface area contributed by atoms with E-state index in [1.165, 1.54) is 82.8 Å². The lowest BCUT2D eigenvalue weighted by atomic mass is 9.83. The van der Waals surface area contributed by atoms with Crippen LogP contribution in [0.4, 0.5) is 0 Å². The van der Waals surface area contributed by atoms with E-state index in [9.17, 15) is 8.42 Å². The number of aliphatic hydroxyl groups is 24. The lowest BCUT2D eigenvalue weighted by Crippen LogP contribution is -2.47. The predicted molar refractivity (Wildman–Crippen MR) is 526 cm³/mol. The van der Waals surface area contributed by atoms with Crippen molar-refractivity contribution in [1.29, 1.82) is 0 Å². The third-order valence-corrected chi connectivity index (χ3v) is 21.7. The van der Waals surface area contributed by atoms with Crippen molar-refractivity contribution < 1.29 is 159 Å². The van der Waals surface area contributed by atoms with Gasteiger partial charge in [0.05, 0.1) is 149 Å². The van der Waals surface area contributed by atoms with Crippen LogP contribution in [-0.2, 0) is 51.7 Å². The van der Waals surface area contributed by atoms with Crippen LogP contribution in [0.5, 0.6) is 0 Å². The predicted octanol–water partition coefficient (Wildman–Crippen LogP) is 4.41. The zero-order chi connectivity index (χ0) is 102. The Kier molecular flexibility index (Phi) is 115. The highest BCUT2D eigenvalue weighted by atomic mass is 32.2. The van der Waals surface area contributed by atoms with Gasteiger partial charge in [-0.05, 0) is 153 Å². The van der Waals surface area contributed by atoms with Crippen LogP contribution in [0.2, 0.25) is 0 Å². The zero-order valence-corrected chi connectivity index (χ0v) is 83.5. The Morgan fingerprint density at radius 3 is 1.01 bits per heavy atom. The van der Waals surface area contributed by atoms with Crippen molar-refractivity contribution in [3.63, 3.8) is 0 Å². The molecule has 0 aromatic heterocycles. The number of aryl methyl sites for hydroxylation is 1. The van der Waals surface area contributed by atoms with E-state index in [1.54, 1.807) is 64.1 Å². The smallest absolute Gasteiger partial charge is 0.243 e. The second-order valence-corrected chi connectivity index (χ2v) is 34.2. The lowest BCUT2D eigenvalue weighted by Gasteiger charge is -2.33. The van der Waals surface area contributed by atoms with Crippen LogP contribution < -0.4 is 0 Å². The van der Waals surface area contributed by atoms with Gasteiger partial charge in [-0.3, -0.25) is 9.80 Å². The Balaban J connectivity index is -0.000000339. The summed E-state index contributed by atoms with van der Waals surface area (Å²) in [6, 6.07) is 23.1. The van der Waals surface area contributed by atoms with Gasteiger partial charge in [0, 0.05) is 111 Å². The maximum Gasteiger partial charge on any atom is 0.243 e. The first kappa shape index (κ1) is 141. The SMILES string of the molecule is C=CCCCCC(O)CO.CC(O)C#CC(C)O.CC(O)COCC(C)O.Cc1ccc(S(=O)(=O)N(CCO)CCO)cc1.OCC1CCC(CO)CC1.OCC1OC(c2ccccc2)O[C@H]1CO.OCCCCCCCCCCCCO.OCCCCCCCCCO.OCCCCO.OCCN1CCN(CCO)CC1.OCCOCCOCCOCCO.OCc1ccc(CO)cc1. The van der Waals surface area contributed by atoms with E-state index in [2.05, 4.69) is 28.2 Å². The van der Waals surface area contributed by atoms with Gasteiger partial charge >= 0.3 is 0 Å². The molecule has 3 fully saturated rings. The van der Waals surface area contributed by atoms with Gasteiger partial charge in [-0.15, -0.1) is 6.58 Å². The lowest BCUT2D eigenvalue weighted by molar-refractivity contribution is -0.0770. The average molecular weight is 1970 g/mol. The van der Waals surface area contributed by atoms with Crippen molar-refractivity contribution in [2.24, 2.45) is 11.8 Å². The summed E-state index contributed by atoms with van der Waals surface area (Å²) in [5.41, 5.74) is 3.61. The minimum atomic E-state index is -3.63. The van der Waals surface area contributed by atoms with Gasteiger partial charge in [0.25, 0.3) is 0 Å². The van der Waals surface area contributed by atoms with Crippen LogP contribution in [0.15, 0.2) is 96.4 Å². The molecule has 0 amide bonds. The van der Waals surface area contributed by atoms with Crippen LogP contribution in [0.1, 0.15) is 230 Å². The number of piperazine rings is 1. The summed E-state index contributed by atoms with van der Waals surface area (Å²) in [6.45, 7) is 22.9. The summed E-state index contributed by atoms with van der Waals surface area (Å²) >= 11 is 0. The Morgan fingerprint density at radius 1 is 0.407 bits per heavy atom. The number of rotatable bonds is 59. The highest BCUT2D eigenvalue weighted by molar-refractivity contribution is 7.89. The quantitative estimate of drug-likeness (QED) is 0.0211. The van der Waals surface area contributed by atoms with E-state index < -0.39 is 59.0 Å². The molecule has 2 heterocycles. The first-order valence-corrected chi connectivity index (χ1v) is 50.0. The molecule has 35 nitrogen and oxygen atoms in total. The topological polar surface area (TPSA) is 585 Å². The molecule has 3 aliphatic rings. The highest BCUT2D eigenvalue weighted by Gasteiger charge is 2.36. The summed E-state index contributed by atoms with van der Waals surface area (Å²) in [6.07, 6.45) is 27.4. The fourth-order valence-electron chi connectivity index (χ4n) is 12.0. The number of benzene rings is 3. The Bertz CT molecular complexity index is 2840. The Labute approximate surface area is 809 Å². The van der Waals surface area contributed by atoms with Gasteiger partial charge in [-0.1, -0.05) is 180 Å². The molecule has 135 heavy (non-hydrogen) atoms. The molecule has 36 heteroatoms. The van der Waals surface area contributed by atoms with Crippen LogP contribution in [0, 0.1) is 30.6 Å². The molecule has 2 saturated heterocycles. The molecule has 0 spiro atoms. The van der Waals surface area contributed by atoms with Gasteiger partial charge < -0.3 is 151 Å². The van der Waals surface area contributed by atoms with Crippen LogP contribution >= 0.6 is 0 Å². The van der Waals surface area contributed by atoms with Crippen molar-refractivity contribution in [2.45, 2.75) is 275 Å². The number of allylic oxidation sites excluding steroid dienone is 1. The van der Waals surface area contributed by atoms with Gasteiger partial charge in [0.2, 0.25) is 10.0 Å². The van der Waals surface area contributed by atoms with E-state index in [1.807, 2.05) is 43.3 Å². The van der Waals surface area contributed by atoms with Gasteiger partial charge in [-0.25, -0.2) is 8.42 Å². The maximum absolute atomic E-state index is 12.1. The first-order chi connectivity index (χ1) is 65.2. The number of sulfonamides is 1. The molecule has 0 radical (unpaired) electrons. The number of nitrogens with zero attached hydrogens (tertiary/aromatic N) is 3. The van der Waals surface area contributed by atoms with Crippen LogP contribution in [0.3, 0.4) is 0 Å². The monoisotopic (exact) mass is 1960 g/mol. The first-order valence-electron chi connectivity index (χ1n) is 48.5. The third kappa shape index (κ3) is 98.2. The molecule has 2 aliphatic heterocycles. The van der Waals surface area contributed by atoms with Crippen molar-refractivity contribution in [1.82, 2.24) is 14.1 Å². The fourth-order valence-corrected chi connectivity index (χ4v) is 13.4. The molecule has 3 aromatic carbocycles. The summed E-state index contributed by atoms with van der Waals surface area (Å²) in [5.74, 6) is 5.83. The van der Waals surface area contributed by atoms with E-state index in [4.69, 9.17) is 151 Å². The van der Waals surface area contributed by atoms with E-state index in [0.717, 1.165) is 162 Å². The summed E-state index contributed by atoms with van der Waals surface area (Å²) in [5, 5.41) is 207. The van der Waals surface area contributed by atoms with E-state index in [0.29, 0.717) is 111 Å². The molecular weight excluding hydrogens is 1780 g/mol. The Morgan fingerprint density at radius 2 is 0.741 bits per heavy atom. The molecule has 798 valence electrons. The fraction of sp³-hybridized carbons (Fsp3) is 0.778. The minimum Gasteiger partial charge on any atom is -0.396 e. The highest BCUT2D eigenvalue weighted by Crippen LogP contribution is 2.31. The van der Waals surface area contributed by atoms with E-state index >= 15 is 0 Å². The molecule has 1 saturated carbocycles. The second kappa shape index (κ2) is 110. The number of β-amino-alcohol motifs (C(OH)–C–C–N with tert-alkyl or cyclic N) is 2.